The number of carbonyl (C=O) groups excluding carboxylic acids is 1. The summed E-state index contributed by atoms with van der Waals surface area (Å²) in [6.07, 6.45) is 0. The van der Waals surface area contributed by atoms with E-state index in [1.807, 2.05) is 0 Å². The van der Waals surface area contributed by atoms with Crippen molar-refractivity contribution in [1.82, 2.24) is 0 Å². The molecule has 0 heterocycles. The first-order valence-corrected chi connectivity index (χ1v) is 4.87. The van der Waals surface area contributed by atoms with Crippen LogP contribution in [0.25, 0.3) is 0 Å². The molecular weight excluding hydrogens is 211 g/mol. The highest BCUT2D eigenvalue weighted by atomic mass is 19.1. The highest BCUT2D eigenvalue weighted by molar-refractivity contribution is 5.88. The Hall–Kier alpha value is -1.84. The van der Waals surface area contributed by atoms with Gasteiger partial charge in [-0.05, 0) is 19.1 Å². The zero-order valence-corrected chi connectivity index (χ0v) is 9.03. The molecule has 0 amide bonds. The Morgan fingerprint density at radius 1 is 1.44 bits per heavy atom. The van der Waals surface area contributed by atoms with E-state index in [9.17, 15) is 9.18 Å². The summed E-state index contributed by atoms with van der Waals surface area (Å²) < 4.78 is 22.9. The van der Waals surface area contributed by atoms with Crippen molar-refractivity contribution in [2.75, 3.05) is 13.2 Å². The van der Waals surface area contributed by atoms with E-state index in [0.29, 0.717) is 0 Å². The van der Waals surface area contributed by atoms with E-state index in [1.165, 1.54) is 12.1 Å². The van der Waals surface area contributed by atoms with Gasteiger partial charge in [0, 0.05) is 0 Å². The fourth-order valence-corrected chi connectivity index (χ4v) is 1.02. The molecular formula is C12H13FO3. The molecule has 0 aliphatic rings. The maximum Gasteiger partial charge on any atom is 0.336 e. The lowest BCUT2D eigenvalue weighted by Crippen LogP contribution is -2.13. The van der Waals surface area contributed by atoms with E-state index in [0.717, 1.165) is 0 Å². The maximum atomic E-state index is 13.1. The number of carbonyl (C=O) groups is 1. The van der Waals surface area contributed by atoms with Gasteiger partial charge in [-0.3, -0.25) is 0 Å². The number of halogens is 1. The maximum absolute atomic E-state index is 13.1. The molecule has 0 saturated carbocycles. The van der Waals surface area contributed by atoms with Gasteiger partial charge in [0.2, 0.25) is 0 Å². The second-order valence-electron chi connectivity index (χ2n) is 3.04. The highest BCUT2D eigenvalue weighted by Gasteiger charge is 2.09. The van der Waals surface area contributed by atoms with E-state index in [2.05, 4.69) is 6.58 Å². The minimum Gasteiger partial charge on any atom is -0.486 e. The molecule has 1 aromatic rings. The summed E-state index contributed by atoms with van der Waals surface area (Å²) in [5.41, 5.74) is 0.158. The van der Waals surface area contributed by atoms with Crippen LogP contribution in [0.15, 0.2) is 36.4 Å². The summed E-state index contributed by atoms with van der Waals surface area (Å²) in [7, 11) is 0. The lowest BCUT2D eigenvalue weighted by Gasteiger charge is -2.08. The van der Waals surface area contributed by atoms with Gasteiger partial charge in [-0.2, -0.15) is 0 Å². The van der Waals surface area contributed by atoms with Gasteiger partial charge in [-0.1, -0.05) is 18.7 Å². The average molecular weight is 224 g/mol. The van der Waals surface area contributed by atoms with Gasteiger partial charge in [0.05, 0.1) is 12.2 Å². The first-order valence-electron chi connectivity index (χ1n) is 4.87. The molecule has 0 N–H and O–H groups in total. The zero-order valence-electron chi connectivity index (χ0n) is 9.03. The summed E-state index contributed by atoms with van der Waals surface area (Å²) in [5, 5.41) is 0. The molecule has 0 aliphatic heterocycles. The average Bonchev–Trinajstić information content (AvgIpc) is 2.28. The van der Waals surface area contributed by atoms with Crippen molar-refractivity contribution < 1.29 is 18.7 Å². The topological polar surface area (TPSA) is 35.5 Å². The van der Waals surface area contributed by atoms with Crippen molar-refractivity contribution in [3.8, 4) is 5.75 Å². The summed E-state index contributed by atoms with van der Waals surface area (Å²) in [6.45, 7) is 5.39. The fraction of sp³-hybridized carbons (Fsp3) is 0.250. The Labute approximate surface area is 93.5 Å². The Morgan fingerprint density at radius 3 is 2.75 bits per heavy atom. The molecule has 0 radical (unpaired) electrons. The molecule has 0 bridgehead atoms. The van der Waals surface area contributed by atoms with Crippen molar-refractivity contribution in [3.63, 3.8) is 0 Å². The zero-order chi connectivity index (χ0) is 12.0. The normalized spacial score (nSPS) is 9.62. The SMILES string of the molecule is C=C(COc1ccccc1F)C(=O)OCC. The molecule has 0 spiro atoms. The predicted molar refractivity (Wildman–Crippen MR) is 57.7 cm³/mol. The molecule has 3 nitrogen and oxygen atoms in total. The van der Waals surface area contributed by atoms with Gasteiger partial charge < -0.3 is 9.47 Å². The molecule has 4 heteroatoms. The third kappa shape index (κ3) is 3.38. The molecule has 86 valence electrons. The second kappa shape index (κ2) is 5.90. The number of benzene rings is 1. The smallest absolute Gasteiger partial charge is 0.336 e. The van der Waals surface area contributed by atoms with Gasteiger partial charge in [-0.15, -0.1) is 0 Å². The lowest BCUT2D eigenvalue weighted by atomic mass is 10.3. The molecule has 0 unspecified atom stereocenters. The van der Waals surface area contributed by atoms with Crippen molar-refractivity contribution in [3.05, 3.63) is 42.2 Å². The largest absolute Gasteiger partial charge is 0.486 e. The molecule has 0 fully saturated rings. The van der Waals surface area contributed by atoms with E-state index in [4.69, 9.17) is 9.47 Å². The van der Waals surface area contributed by atoms with E-state index in [1.54, 1.807) is 19.1 Å². The quantitative estimate of drug-likeness (QED) is 0.568. The number of hydrogen-bond donors (Lipinski definition) is 0. The molecule has 0 atom stereocenters. The molecule has 0 saturated heterocycles. The first-order chi connectivity index (χ1) is 7.65. The monoisotopic (exact) mass is 224 g/mol. The molecule has 0 aromatic heterocycles. The number of rotatable bonds is 5. The number of ether oxygens (including phenoxy) is 2. The Morgan fingerprint density at radius 2 is 2.12 bits per heavy atom. The Bertz CT molecular complexity index is 388. The first kappa shape index (κ1) is 12.2. The van der Waals surface area contributed by atoms with Crippen molar-refractivity contribution in [2.24, 2.45) is 0 Å². The van der Waals surface area contributed by atoms with Crippen molar-refractivity contribution >= 4 is 5.97 Å². The van der Waals surface area contributed by atoms with Crippen LogP contribution in [0.2, 0.25) is 0 Å². The van der Waals surface area contributed by atoms with Gasteiger partial charge in [0.25, 0.3) is 0 Å². The van der Waals surface area contributed by atoms with Crippen molar-refractivity contribution in [1.29, 1.82) is 0 Å². The molecule has 1 aromatic carbocycles. The minimum absolute atomic E-state index is 0.0836. The summed E-state index contributed by atoms with van der Waals surface area (Å²) >= 11 is 0. The van der Waals surface area contributed by atoms with Crippen LogP contribution >= 0.6 is 0 Å². The standard InChI is InChI=1S/C12H13FO3/c1-3-15-12(14)9(2)8-16-11-7-5-4-6-10(11)13/h4-7H,2-3,8H2,1H3. The van der Waals surface area contributed by atoms with Crippen LogP contribution in [-0.4, -0.2) is 19.2 Å². The third-order valence-corrected chi connectivity index (χ3v) is 1.80. The predicted octanol–water partition coefficient (Wildman–Crippen LogP) is 2.32. The van der Waals surface area contributed by atoms with Crippen molar-refractivity contribution in [2.45, 2.75) is 6.92 Å². The van der Waals surface area contributed by atoms with Crippen LogP contribution in [0.4, 0.5) is 4.39 Å². The highest BCUT2D eigenvalue weighted by Crippen LogP contribution is 2.16. The Balaban J connectivity index is 2.49. The van der Waals surface area contributed by atoms with Crippen LogP contribution in [0, 0.1) is 5.82 Å². The second-order valence-corrected chi connectivity index (χ2v) is 3.04. The summed E-state index contributed by atoms with van der Waals surface area (Å²) in [5.74, 6) is -0.911. The lowest BCUT2D eigenvalue weighted by molar-refractivity contribution is -0.138. The molecule has 16 heavy (non-hydrogen) atoms. The van der Waals surface area contributed by atoms with Crippen LogP contribution in [-0.2, 0) is 9.53 Å². The fourth-order valence-electron chi connectivity index (χ4n) is 1.02. The van der Waals surface area contributed by atoms with Crippen LogP contribution in [0.3, 0.4) is 0 Å². The number of hydrogen-bond acceptors (Lipinski definition) is 3. The minimum atomic E-state index is -0.529. The van der Waals surface area contributed by atoms with Gasteiger partial charge in [0.1, 0.15) is 6.61 Å². The van der Waals surface area contributed by atoms with Crippen LogP contribution in [0.5, 0.6) is 5.75 Å². The summed E-state index contributed by atoms with van der Waals surface area (Å²) in [6, 6.07) is 5.96. The number of esters is 1. The van der Waals surface area contributed by atoms with Gasteiger partial charge in [-0.25, -0.2) is 9.18 Å². The molecule has 1 rings (SSSR count). The Kier molecular flexibility index (Phi) is 4.51. The third-order valence-electron chi connectivity index (χ3n) is 1.80. The number of para-hydroxylation sites is 1. The van der Waals surface area contributed by atoms with E-state index in [-0.39, 0.29) is 24.5 Å². The van der Waals surface area contributed by atoms with Gasteiger partial charge in [0.15, 0.2) is 11.6 Å². The van der Waals surface area contributed by atoms with E-state index < -0.39 is 11.8 Å². The van der Waals surface area contributed by atoms with Crippen LogP contribution < -0.4 is 4.74 Å². The van der Waals surface area contributed by atoms with E-state index >= 15 is 0 Å². The summed E-state index contributed by atoms with van der Waals surface area (Å²) in [4.78, 5) is 11.2. The molecule has 0 aliphatic carbocycles. The van der Waals surface area contributed by atoms with Gasteiger partial charge >= 0.3 is 5.97 Å². The van der Waals surface area contributed by atoms with Crippen LogP contribution in [0.1, 0.15) is 6.92 Å².